The molecule has 0 radical (unpaired) electrons. The van der Waals surface area contributed by atoms with Crippen molar-refractivity contribution in [1.82, 2.24) is 20.0 Å². The lowest BCUT2D eigenvalue weighted by atomic mass is 10.0. The summed E-state index contributed by atoms with van der Waals surface area (Å²) in [6.07, 6.45) is 1.60. The third-order valence-electron chi connectivity index (χ3n) is 3.58. The minimum atomic E-state index is -0.378. The van der Waals surface area contributed by atoms with Gasteiger partial charge in [-0.05, 0) is 27.0 Å². The zero-order chi connectivity index (χ0) is 14.9. The highest BCUT2D eigenvalue weighted by atomic mass is 16.2. The summed E-state index contributed by atoms with van der Waals surface area (Å²) in [6.45, 7) is 5.11. The van der Waals surface area contributed by atoms with E-state index in [1.165, 1.54) is 0 Å². The van der Waals surface area contributed by atoms with Gasteiger partial charge in [-0.1, -0.05) is 0 Å². The first-order chi connectivity index (χ1) is 9.40. The fraction of sp³-hybridized carbons (Fsp3) is 0.615. The van der Waals surface area contributed by atoms with Crippen LogP contribution in [0.15, 0.2) is 12.3 Å². The van der Waals surface area contributed by atoms with Crippen molar-refractivity contribution < 1.29 is 9.59 Å². The Balaban J connectivity index is 2.11. The lowest BCUT2D eigenvalue weighted by molar-refractivity contribution is -0.121. The number of hydrogen-bond acceptors (Lipinski definition) is 4. The second kappa shape index (κ2) is 5.62. The number of nitrogens with two attached hydrogens (primary N) is 1. The van der Waals surface area contributed by atoms with E-state index in [0.29, 0.717) is 18.8 Å². The fourth-order valence-electron chi connectivity index (χ4n) is 2.58. The molecule has 1 aliphatic rings. The van der Waals surface area contributed by atoms with Crippen molar-refractivity contribution in [1.29, 1.82) is 0 Å². The quantitative estimate of drug-likeness (QED) is 0.785. The molecule has 2 rings (SSSR count). The van der Waals surface area contributed by atoms with Crippen LogP contribution in [-0.4, -0.2) is 52.7 Å². The number of likely N-dealkylation sites (tertiary alicyclic amines) is 1. The molecule has 0 bridgehead atoms. The zero-order valence-corrected chi connectivity index (χ0v) is 12.0. The molecule has 0 unspecified atom stereocenters. The largest absolute Gasteiger partial charge is 0.369 e. The Bertz CT molecular complexity index is 511. The van der Waals surface area contributed by atoms with Gasteiger partial charge in [0.2, 0.25) is 5.91 Å². The molecule has 1 aromatic rings. The average molecular weight is 279 g/mol. The molecule has 2 atom stereocenters. The summed E-state index contributed by atoms with van der Waals surface area (Å²) in [5.41, 5.74) is 5.89. The highest BCUT2D eigenvalue weighted by Crippen LogP contribution is 2.16. The molecule has 7 heteroatoms. The summed E-state index contributed by atoms with van der Waals surface area (Å²) in [5, 5.41) is 7.03. The van der Waals surface area contributed by atoms with Crippen LogP contribution in [-0.2, 0) is 4.79 Å². The van der Waals surface area contributed by atoms with E-state index in [9.17, 15) is 9.59 Å². The van der Waals surface area contributed by atoms with Crippen LogP contribution >= 0.6 is 0 Å². The van der Waals surface area contributed by atoms with E-state index in [1.807, 2.05) is 25.8 Å². The first-order valence-electron chi connectivity index (χ1n) is 6.72. The molecule has 110 valence electrons. The van der Waals surface area contributed by atoms with Gasteiger partial charge in [0, 0.05) is 25.3 Å². The smallest absolute Gasteiger partial charge is 0.269 e. The second-order valence-corrected chi connectivity index (χ2v) is 5.56. The standard InChI is InChI=1S/C13H21N5O2/c1-8(2)18-11(4-5-15-18)13(20)16-10-7-17(3)6-9(10)12(14)19/h4-5,8-10H,6-7H2,1-3H3,(H2,14,19)(H,16,20)/t9-,10+/m1/s1. The van der Waals surface area contributed by atoms with E-state index in [2.05, 4.69) is 10.4 Å². The van der Waals surface area contributed by atoms with Crippen molar-refractivity contribution in [2.75, 3.05) is 20.1 Å². The molecular formula is C13H21N5O2. The Morgan fingerprint density at radius 2 is 2.15 bits per heavy atom. The lowest BCUT2D eigenvalue weighted by Crippen LogP contribution is -2.45. The predicted molar refractivity (Wildman–Crippen MR) is 74.0 cm³/mol. The molecule has 1 aromatic heterocycles. The Morgan fingerprint density at radius 1 is 1.45 bits per heavy atom. The maximum Gasteiger partial charge on any atom is 0.269 e. The van der Waals surface area contributed by atoms with Crippen LogP contribution in [0.5, 0.6) is 0 Å². The predicted octanol–water partition coefficient (Wildman–Crippen LogP) is -0.391. The number of carbonyl (C=O) groups is 2. The molecule has 2 amide bonds. The van der Waals surface area contributed by atoms with Gasteiger partial charge in [0.15, 0.2) is 0 Å². The second-order valence-electron chi connectivity index (χ2n) is 5.56. The maximum atomic E-state index is 12.3. The third-order valence-corrected chi connectivity index (χ3v) is 3.58. The fourth-order valence-corrected chi connectivity index (χ4v) is 2.58. The van der Waals surface area contributed by atoms with E-state index in [4.69, 9.17) is 5.73 Å². The lowest BCUT2D eigenvalue weighted by Gasteiger charge is -2.18. The first-order valence-corrected chi connectivity index (χ1v) is 6.72. The van der Waals surface area contributed by atoms with E-state index in [-0.39, 0.29) is 29.8 Å². The van der Waals surface area contributed by atoms with Crippen LogP contribution in [0.4, 0.5) is 0 Å². The summed E-state index contributed by atoms with van der Waals surface area (Å²) >= 11 is 0. The molecule has 1 fully saturated rings. The minimum Gasteiger partial charge on any atom is -0.369 e. The molecular weight excluding hydrogens is 258 g/mol. The van der Waals surface area contributed by atoms with Crippen molar-refractivity contribution in [2.24, 2.45) is 11.7 Å². The molecule has 0 aliphatic carbocycles. The Kier molecular flexibility index (Phi) is 4.08. The van der Waals surface area contributed by atoms with E-state index in [0.717, 1.165) is 0 Å². The summed E-state index contributed by atoms with van der Waals surface area (Å²) in [7, 11) is 1.90. The van der Waals surface area contributed by atoms with E-state index < -0.39 is 0 Å². The highest BCUT2D eigenvalue weighted by molar-refractivity contribution is 5.93. The summed E-state index contributed by atoms with van der Waals surface area (Å²) < 4.78 is 1.66. The molecule has 1 saturated heterocycles. The van der Waals surface area contributed by atoms with Gasteiger partial charge in [0.05, 0.1) is 12.0 Å². The molecule has 0 saturated carbocycles. The maximum absolute atomic E-state index is 12.3. The van der Waals surface area contributed by atoms with Gasteiger partial charge in [-0.15, -0.1) is 0 Å². The van der Waals surface area contributed by atoms with Gasteiger partial charge >= 0.3 is 0 Å². The minimum absolute atomic E-state index is 0.101. The summed E-state index contributed by atoms with van der Waals surface area (Å²) in [6, 6.07) is 1.53. The van der Waals surface area contributed by atoms with Crippen molar-refractivity contribution in [3.63, 3.8) is 0 Å². The van der Waals surface area contributed by atoms with Crippen LogP contribution in [0, 0.1) is 5.92 Å². The molecule has 3 N–H and O–H groups in total. The molecule has 0 aromatic carbocycles. The number of aromatic nitrogens is 2. The van der Waals surface area contributed by atoms with Gasteiger partial charge in [0.1, 0.15) is 5.69 Å². The summed E-state index contributed by atoms with van der Waals surface area (Å²) in [4.78, 5) is 25.7. The van der Waals surface area contributed by atoms with Crippen LogP contribution in [0.2, 0.25) is 0 Å². The van der Waals surface area contributed by atoms with E-state index >= 15 is 0 Å². The molecule has 0 spiro atoms. The first kappa shape index (κ1) is 14.5. The van der Waals surface area contributed by atoms with Gasteiger partial charge in [-0.3, -0.25) is 14.3 Å². The van der Waals surface area contributed by atoms with Crippen LogP contribution in [0.3, 0.4) is 0 Å². The average Bonchev–Trinajstić information content (AvgIpc) is 2.95. The number of nitrogens with one attached hydrogen (secondary N) is 1. The molecule has 2 heterocycles. The number of likely N-dealkylation sites (N-methyl/N-ethyl adjacent to an activating group) is 1. The van der Waals surface area contributed by atoms with Crippen LogP contribution in [0.25, 0.3) is 0 Å². The van der Waals surface area contributed by atoms with Crippen molar-refractivity contribution in [3.8, 4) is 0 Å². The number of amides is 2. The molecule has 20 heavy (non-hydrogen) atoms. The number of nitrogens with zero attached hydrogens (tertiary/aromatic N) is 3. The van der Waals surface area contributed by atoms with Gasteiger partial charge in [-0.25, -0.2) is 0 Å². The zero-order valence-electron chi connectivity index (χ0n) is 12.0. The molecule has 7 nitrogen and oxygen atoms in total. The Hall–Kier alpha value is -1.89. The summed E-state index contributed by atoms with van der Waals surface area (Å²) in [5.74, 6) is -0.945. The molecule has 1 aliphatic heterocycles. The van der Waals surface area contributed by atoms with Gasteiger partial charge in [0.25, 0.3) is 5.91 Å². The normalized spacial score (nSPS) is 23.2. The van der Waals surface area contributed by atoms with Crippen LogP contribution < -0.4 is 11.1 Å². The number of rotatable bonds is 4. The van der Waals surface area contributed by atoms with E-state index in [1.54, 1.807) is 16.9 Å². The number of carbonyl (C=O) groups excluding carboxylic acids is 2. The van der Waals surface area contributed by atoms with Gasteiger partial charge < -0.3 is 16.0 Å². The topological polar surface area (TPSA) is 93.2 Å². The van der Waals surface area contributed by atoms with Crippen LogP contribution in [0.1, 0.15) is 30.4 Å². The highest BCUT2D eigenvalue weighted by Gasteiger charge is 2.36. The number of hydrogen-bond donors (Lipinski definition) is 2. The Morgan fingerprint density at radius 3 is 2.75 bits per heavy atom. The Labute approximate surface area is 118 Å². The monoisotopic (exact) mass is 279 g/mol. The van der Waals surface area contributed by atoms with Crippen molar-refractivity contribution in [2.45, 2.75) is 25.9 Å². The third kappa shape index (κ3) is 2.82. The SMILES string of the molecule is CC(C)n1nccc1C(=O)N[C@H]1CN(C)C[C@H]1C(N)=O. The van der Waals surface area contributed by atoms with Gasteiger partial charge in [-0.2, -0.15) is 5.10 Å². The van der Waals surface area contributed by atoms with Crippen molar-refractivity contribution >= 4 is 11.8 Å². The van der Waals surface area contributed by atoms with Crippen molar-refractivity contribution in [3.05, 3.63) is 18.0 Å². The number of primary amides is 1.